The molecule has 0 amide bonds. The van der Waals surface area contributed by atoms with Crippen molar-refractivity contribution in [1.82, 2.24) is 0 Å². The zero-order chi connectivity index (χ0) is 19.9. The maximum absolute atomic E-state index is 14.7. The number of hydrogen-bond donors (Lipinski definition) is 0. The number of hydrogen-bond acceptors (Lipinski definition) is 1. The van der Waals surface area contributed by atoms with Crippen LogP contribution in [0.4, 0.5) is 30.7 Å². The van der Waals surface area contributed by atoms with Crippen molar-refractivity contribution >= 4 is 45.2 Å². The second-order valence-corrected chi connectivity index (χ2v) is 7.56. The van der Waals surface area contributed by atoms with E-state index in [9.17, 15) is 30.7 Å². The third-order valence-corrected chi connectivity index (χ3v) is 4.96. The van der Waals surface area contributed by atoms with Crippen LogP contribution in [0, 0.1) is 18.5 Å². The lowest BCUT2D eigenvalue weighted by Crippen LogP contribution is -2.50. The van der Waals surface area contributed by atoms with Gasteiger partial charge in [-0.25, -0.2) is 4.39 Å². The first-order valence-electron chi connectivity index (χ1n) is 6.65. The lowest BCUT2D eigenvalue weighted by molar-refractivity contribution is -0.348. The van der Waals surface area contributed by atoms with E-state index in [-0.39, 0.29) is 18.3 Å². The first-order chi connectivity index (χ1) is 11.8. The monoisotopic (exact) mass is 599 g/mol. The fourth-order valence-corrected chi connectivity index (χ4v) is 4.51. The summed E-state index contributed by atoms with van der Waals surface area (Å²) in [6.07, 6.45) is -12.4. The quantitative estimate of drug-likeness (QED) is 0.278. The summed E-state index contributed by atoms with van der Waals surface area (Å²) < 4.78 is 94.1. The number of halogens is 9. The van der Waals surface area contributed by atoms with Gasteiger partial charge in [-0.1, -0.05) is 12.1 Å². The molecule has 10 heteroatoms. The van der Waals surface area contributed by atoms with Crippen molar-refractivity contribution in [2.75, 3.05) is 0 Å². The summed E-state index contributed by atoms with van der Waals surface area (Å²) in [6.45, 7) is 0. The molecule has 0 radical (unpaired) electrons. The first-order valence-corrected chi connectivity index (χ1v) is 8.81. The molecule has 0 aliphatic heterocycles. The van der Waals surface area contributed by atoms with E-state index in [4.69, 9.17) is 5.26 Å². The van der Waals surface area contributed by atoms with Crippen LogP contribution in [-0.4, -0.2) is 12.4 Å². The average molecular weight is 599 g/mol. The molecule has 0 atom stereocenters. The number of alkyl halides is 7. The van der Waals surface area contributed by atoms with Gasteiger partial charge in [-0.3, -0.25) is 0 Å². The molecule has 2 aromatic rings. The summed E-state index contributed by atoms with van der Waals surface area (Å²) >= 11 is 3.07. The van der Waals surface area contributed by atoms with E-state index < -0.39 is 29.1 Å². The van der Waals surface area contributed by atoms with Gasteiger partial charge >= 0.3 is 18.0 Å². The highest BCUT2D eigenvalue weighted by Crippen LogP contribution is 2.56. The molecule has 2 rings (SSSR count). The second-order valence-electron chi connectivity index (χ2n) is 5.16. The summed E-state index contributed by atoms with van der Waals surface area (Å²) in [7, 11) is 0. The highest BCUT2D eigenvalue weighted by molar-refractivity contribution is 14.1. The van der Waals surface area contributed by atoms with Crippen LogP contribution in [0.25, 0.3) is 11.1 Å². The van der Waals surface area contributed by atoms with Crippen LogP contribution in [0.5, 0.6) is 0 Å². The molecule has 2 aromatic carbocycles. The predicted octanol–water partition coefficient (Wildman–Crippen LogP) is 6.72. The van der Waals surface area contributed by atoms with Gasteiger partial charge in [-0.05, 0) is 75.0 Å². The number of rotatable bonds is 2. The summed E-state index contributed by atoms with van der Waals surface area (Å²) in [5.74, 6) is 0. The van der Waals surface area contributed by atoms with Crippen LogP contribution in [-0.2, 0) is 5.67 Å². The molecule has 0 fully saturated rings. The Balaban J connectivity index is 2.95. The van der Waals surface area contributed by atoms with Crippen LogP contribution in [0.15, 0.2) is 36.4 Å². The topological polar surface area (TPSA) is 23.8 Å². The Hall–Kier alpha value is -1.10. The smallest absolute Gasteiger partial charge is 0.218 e. The molecule has 0 saturated carbocycles. The van der Waals surface area contributed by atoms with Gasteiger partial charge in [-0.2, -0.15) is 31.6 Å². The van der Waals surface area contributed by atoms with Gasteiger partial charge in [0.15, 0.2) is 0 Å². The van der Waals surface area contributed by atoms with Crippen LogP contribution >= 0.6 is 45.2 Å². The number of benzene rings is 2. The van der Waals surface area contributed by atoms with Crippen molar-refractivity contribution in [3.63, 3.8) is 0 Å². The van der Waals surface area contributed by atoms with Gasteiger partial charge in [-0.15, -0.1) is 0 Å². The Morgan fingerprint density at radius 3 is 1.92 bits per heavy atom. The Bertz CT molecular complexity index is 868. The minimum atomic E-state index is -6.22. The molecule has 0 aromatic heterocycles. The van der Waals surface area contributed by atoms with E-state index in [1.54, 1.807) is 28.7 Å². The van der Waals surface area contributed by atoms with Gasteiger partial charge in [0.2, 0.25) is 0 Å². The van der Waals surface area contributed by atoms with Gasteiger partial charge in [0.05, 0.1) is 11.6 Å². The number of nitriles is 1. The van der Waals surface area contributed by atoms with E-state index in [1.165, 1.54) is 46.9 Å². The fourth-order valence-electron chi connectivity index (χ4n) is 2.35. The standard InChI is InChI=1S/C16H6F7I2N/c17-14(15(18,19)20,16(21,22)23)11-5-10(24)6-12(25)13(11)9-3-1-2-8(4-9)7-26/h1-6H. The maximum Gasteiger partial charge on any atom is 0.435 e. The fraction of sp³-hybridized carbons (Fsp3) is 0.188. The van der Waals surface area contributed by atoms with Crippen molar-refractivity contribution in [2.45, 2.75) is 18.0 Å². The zero-order valence-electron chi connectivity index (χ0n) is 12.3. The molecular formula is C16H6F7I2N. The molecule has 0 saturated heterocycles. The summed E-state index contributed by atoms with van der Waals surface area (Å²) in [5.41, 5.74) is -7.76. The van der Waals surface area contributed by atoms with E-state index in [0.29, 0.717) is 6.07 Å². The Labute approximate surface area is 170 Å². The minimum Gasteiger partial charge on any atom is -0.218 e. The van der Waals surface area contributed by atoms with E-state index >= 15 is 0 Å². The van der Waals surface area contributed by atoms with Crippen molar-refractivity contribution in [3.05, 3.63) is 54.7 Å². The van der Waals surface area contributed by atoms with E-state index in [0.717, 1.165) is 6.07 Å². The van der Waals surface area contributed by atoms with Gasteiger partial charge in [0.25, 0.3) is 0 Å². The van der Waals surface area contributed by atoms with Gasteiger partial charge < -0.3 is 0 Å². The third kappa shape index (κ3) is 3.64. The highest BCUT2D eigenvalue weighted by Gasteiger charge is 2.74. The molecule has 138 valence electrons. The minimum absolute atomic E-state index is 0.00452. The van der Waals surface area contributed by atoms with Gasteiger partial charge in [0, 0.05) is 18.3 Å². The molecule has 0 unspecified atom stereocenters. The SMILES string of the molecule is N#Cc1cccc(-c2c(I)cc(I)cc2C(F)(C(F)(F)F)C(F)(F)F)c1. The molecule has 0 aliphatic carbocycles. The maximum atomic E-state index is 14.7. The van der Waals surface area contributed by atoms with Crippen LogP contribution in [0.2, 0.25) is 0 Å². The second kappa shape index (κ2) is 7.14. The average Bonchev–Trinajstić information content (AvgIpc) is 2.51. The predicted molar refractivity (Wildman–Crippen MR) is 96.9 cm³/mol. The summed E-state index contributed by atoms with van der Waals surface area (Å²) in [6, 6.07) is 8.56. The molecule has 0 heterocycles. The van der Waals surface area contributed by atoms with Crippen molar-refractivity contribution in [3.8, 4) is 17.2 Å². The Morgan fingerprint density at radius 1 is 0.846 bits per heavy atom. The Kier molecular flexibility index (Phi) is 5.82. The van der Waals surface area contributed by atoms with Gasteiger partial charge in [0.1, 0.15) is 0 Å². The van der Waals surface area contributed by atoms with Crippen LogP contribution < -0.4 is 0 Å². The molecule has 1 nitrogen and oxygen atoms in total. The van der Waals surface area contributed by atoms with Crippen molar-refractivity contribution < 1.29 is 30.7 Å². The number of nitrogens with zero attached hydrogens (tertiary/aromatic N) is 1. The summed E-state index contributed by atoms with van der Waals surface area (Å²) in [5, 5.41) is 8.92. The normalized spacial score (nSPS) is 12.8. The highest BCUT2D eigenvalue weighted by atomic mass is 127. The van der Waals surface area contributed by atoms with Crippen molar-refractivity contribution in [1.29, 1.82) is 5.26 Å². The summed E-state index contributed by atoms with van der Waals surface area (Å²) in [4.78, 5) is 0. The van der Waals surface area contributed by atoms with E-state index in [2.05, 4.69) is 0 Å². The first kappa shape index (κ1) is 21.2. The lowest BCUT2D eigenvalue weighted by Gasteiger charge is -2.32. The molecule has 0 aliphatic rings. The molecular weight excluding hydrogens is 593 g/mol. The third-order valence-electron chi connectivity index (χ3n) is 3.49. The van der Waals surface area contributed by atoms with Crippen LogP contribution in [0.1, 0.15) is 11.1 Å². The Morgan fingerprint density at radius 2 is 1.42 bits per heavy atom. The zero-order valence-corrected chi connectivity index (χ0v) is 16.6. The largest absolute Gasteiger partial charge is 0.435 e. The van der Waals surface area contributed by atoms with Crippen molar-refractivity contribution in [2.24, 2.45) is 0 Å². The lowest BCUT2D eigenvalue weighted by atomic mass is 9.86. The molecule has 0 N–H and O–H groups in total. The molecule has 0 bridgehead atoms. The van der Waals surface area contributed by atoms with E-state index in [1.807, 2.05) is 0 Å². The van der Waals surface area contributed by atoms with Crippen LogP contribution in [0.3, 0.4) is 0 Å². The molecule has 26 heavy (non-hydrogen) atoms. The molecule has 0 spiro atoms.